The fourth-order valence-electron chi connectivity index (χ4n) is 2.13. The van der Waals surface area contributed by atoms with Crippen molar-refractivity contribution in [3.8, 4) is 0 Å². The number of halogens is 2. The van der Waals surface area contributed by atoms with Crippen LogP contribution in [0.25, 0.3) is 0 Å². The van der Waals surface area contributed by atoms with Crippen molar-refractivity contribution in [2.75, 3.05) is 92.0 Å². The van der Waals surface area contributed by atoms with Crippen molar-refractivity contribution >= 4 is 184 Å². The van der Waals surface area contributed by atoms with Gasteiger partial charge in [-0.25, -0.2) is 0 Å². The largest absolute Gasteiger partial charge is 1.00 e. The van der Waals surface area contributed by atoms with Gasteiger partial charge in [-0.1, -0.05) is 14.9 Å². The average molecular weight is 948 g/mol. The smallest absolute Gasteiger partial charge is 1.00 e. The second-order valence-electron chi connectivity index (χ2n) is 6.60. The zero-order valence-corrected chi connectivity index (χ0v) is 48.6. The van der Waals surface area contributed by atoms with Gasteiger partial charge in [0.15, 0.2) is 0 Å². The van der Waals surface area contributed by atoms with Crippen molar-refractivity contribution in [3.63, 3.8) is 0 Å². The van der Waals surface area contributed by atoms with Crippen LogP contribution in [0.3, 0.4) is 0 Å². The second kappa shape index (κ2) is 70.3. The van der Waals surface area contributed by atoms with Crippen molar-refractivity contribution in [2.45, 2.75) is 35.9 Å². The van der Waals surface area contributed by atoms with Crippen LogP contribution in [0.15, 0.2) is 0 Å². The van der Waals surface area contributed by atoms with E-state index in [1.165, 1.54) is 11.5 Å². The molecular weight excluding hydrogens is 899 g/mol. The predicted octanol–water partition coefficient (Wildman–Crippen LogP) is -10.5. The monoisotopic (exact) mass is 946 g/mol. The molecule has 0 fully saturated rings. The first-order valence-electron chi connectivity index (χ1n) is 10.9. The van der Waals surface area contributed by atoms with Crippen LogP contribution in [-0.4, -0.2) is 113 Å². The van der Waals surface area contributed by atoms with Gasteiger partial charge in [-0.15, -0.1) is 12.4 Å². The van der Waals surface area contributed by atoms with Crippen LogP contribution in [-0.2, 0) is 50.5 Å². The molecule has 0 spiro atoms. The van der Waals surface area contributed by atoms with Gasteiger partial charge in [0.05, 0.1) is 0 Å². The van der Waals surface area contributed by atoms with Crippen LogP contribution < -0.4 is 160 Å². The molecule has 4 unspecified atom stereocenters. The molecule has 0 aromatic heterocycles. The molecule has 0 saturated heterocycles. The first-order chi connectivity index (χ1) is 16.6. The number of rotatable bonds is 24. The molecule has 0 amide bonds. The molecule has 0 bridgehead atoms. The maximum atomic E-state index is 5.16. The van der Waals surface area contributed by atoms with Gasteiger partial charge in [0.2, 0.25) is 0 Å². The Kier molecular flexibility index (Phi) is 133. The molecule has 0 saturated carbocycles. The molecule has 0 N–H and O–H groups in total. The predicted molar refractivity (Wildman–Crippen MR) is 225 cm³/mol. The van der Waals surface area contributed by atoms with Crippen LogP contribution >= 0.6 is 133 Å². The Morgan fingerprint density at radius 1 is 0.465 bits per heavy atom. The summed E-state index contributed by atoms with van der Waals surface area (Å²) in [5.74, 6) is 16.1. The summed E-state index contributed by atoms with van der Waals surface area (Å²) in [6.45, 7) is 0. The van der Waals surface area contributed by atoms with Gasteiger partial charge in [-0.2, -0.15) is 144 Å². The van der Waals surface area contributed by atoms with Gasteiger partial charge in [0.25, 0.3) is 0 Å². The van der Waals surface area contributed by atoms with Crippen LogP contribution in [0.4, 0.5) is 0 Å². The Bertz CT molecular complexity index is 348. The second-order valence-corrected chi connectivity index (χ2v) is 17.5. The fourth-order valence-corrected chi connectivity index (χ4v) is 12.3. The van der Waals surface area contributed by atoms with Gasteiger partial charge in [-0.05, 0) is 33.5 Å². The molecule has 21 heteroatoms. The van der Waals surface area contributed by atoms with Gasteiger partial charge in [0.1, 0.15) is 0 Å². The van der Waals surface area contributed by atoms with Crippen LogP contribution in [0.5, 0.6) is 0 Å². The van der Waals surface area contributed by atoms with E-state index in [2.05, 4.69) is 50.5 Å². The zero-order chi connectivity index (χ0) is 25.9. The van der Waals surface area contributed by atoms with E-state index in [-0.39, 0.29) is 187 Å². The van der Waals surface area contributed by atoms with Gasteiger partial charge < -0.3 is 62.9 Å². The summed E-state index contributed by atoms with van der Waals surface area (Å²) in [7, 11) is 0. The molecule has 43 heavy (non-hydrogen) atoms. The maximum absolute atomic E-state index is 5.16. The molecule has 0 aliphatic rings. The molecule has 0 aliphatic carbocycles. The molecule has 0 radical (unpaired) electrons. The van der Waals surface area contributed by atoms with Gasteiger partial charge in [0, 0.05) is 56.5 Å². The van der Waals surface area contributed by atoms with E-state index in [1.54, 1.807) is 0 Å². The Labute approximate surface area is 462 Å². The Morgan fingerprint density at radius 2 is 0.721 bits per heavy atom. The number of thiol groups is 4. The van der Waals surface area contributed by atoms with Crippen molar-refractivity contribution in [3.05, 3.63) is 0 Å². The van der Waals surface area contributed by atoms with E-state index in [0.29, 0.717) is 21.0 Å². The quantitative estimate of drug-likeness (QED) is 0.0418. The van der Waals surface area contributed by atoms with Crippen LogP contribution in [0, 0.1) is 0 Å². The summed E-state index contributed by atoms with van der Waals surface area (Å²) in [6.07, 6.45) is 0. The van der Waals surface area contributed by atoms with Crippen LogP contribution in [0.1, 0.15) is 14.9 Å². The fraction of sp³-hybridized carbons (Fsp3) is 1.00. The minimum atomic E-state index is 0. The summed E-state index contributed by atoms with van der Waals surface area (Å²) in [5.41, 5.74) is 0. The van der Waals surface area contributed by atoms with Crippen molar-refractivity contribution in [1.29, 1.82) is 0 Å². The van der Waals surface area contributed by atoms with Crippen molar-refractivity contribution in [1.82, 2.24) is 0 Å². The Morgan fingerprint density at radius 3 is 0.930 bits per heavy atom. The molecule has 4 atom stereocenters. The molecule has 0 aromatic rings. The number of hydrogen-bond acceptors (Lipinski definition) is 14. The van der Waals surface area contributed by atoms with Gasteiger partial charge in [-0.3, -0.25) is 0 Å². The molecule has 0 aromatic carbocycles. The van der Waals surface area contributed by atoms with Gasteiger partial charge >= 0.3 is 148 Å². The van der Waals surface area contributed by atoms with Crippen molar-refractivity contribution < 1.29 is 160 Å². The zero-order valence-electron chi connectivity index (χ0n) is 25.3. The first-order valence-corrected chi connectivity index (χ1v) is 22.3. The van der Waals surface area contributed by atoms with E-state index < -0.39 is 0 Å². The van der Waals surface area contributed by atoms with Crippen LogP contribution in [0.2, 0.25) is 0 Å². The molecule has 0 aliphatic heterocycles. The number of hydrogen-bond donors (Lipinski definition) is 4. The van der Waals surface area contributed by atoms with E-state index in [9.17, 15) is 0 Å². The molecular formula is C22H49Cl2Na5S14. The van der Waals surface area contributed by atoms with E-state index in [1.807, 2.05) is 70.6 Å². The summed E-state index contributed by atoms with van der Waals surface area (Å²) < 4.78 is 0. The SMILES string of the molecule is C.C.Cl.SCCSC(CS)CSCC(CS)SCCS.[Cl-].[Na+].[Na+].[Na+].[Na+].[Na+].[S-]CCSC(C[S-])CSCC(C[S-])SCC[S-]. The Hall–Kier alpha value is 10.5. The molecule has 0 nitrogen and oxygen atoms in total. The third-order valence-corrected chi connectivity index (χ3v) is 16.7. The third kappa shape index (κ3) is 61.9. The molecule has 0 rings (SSSR count). The maximum Gasteiger partial charge on any atom is 1.00 e. The minimum Gasteiger partial charge on any atom is -1.00 e. The third-order valence-electron chi connectivity index (χ3n) is 3.76. The Balaban J connectivity index is -0.0000000438. The topological polar surface area (TPSA) is 0 Å². The summed E-state index contributed by atoms with van der Waals surface area (Å²) >= 11 is 49.3. The molecule has 240 valence electrons. The standard InChI is InChI=1S/2C10H22S7.2CH4.2ClH.5Na/c2*11-1-3-16-9(5-13)7-15-8-10(6-14)17-4-2-12;;;;;;;;;/h2*9-14H,1-8H2;2*1H4;2*1H;;;;;/q;;;;;;5*+1/p-5. The first kappa shape index (κ1) is 81.6. The average Bonchev–Trinajstić information content (AvgIpc) is 2.87. The summed E-state index contributed by atoms with van der Waals surface area (Å²) in [4.78, 5) is 0. The van der Waals surface area contributed by atoms with E-state index >= 15 is 0 Å². The summed E-state index contributed by atoms with van der Waals surface area (Å²) in [5, 5.41) is 2.47. The normalized spacial score (nSPS) is 11.7. The van der Waals surface area contributed by atoms with E-state index in [4.69, 9.17) is 50.5 Å². The van der Waals surface area contributed by atoms with E-state index in [0.717, 1.165) is 80.5 Å². The molecule has 0 heterocycles. The minimum absolute atomic E-state index is 0. The van der Waals surface area contributed by atoms with Crippen molar-refractivity contribution in [2.24, 2.45) is 0 Å². The number of thioether (sulfide) groups is 6. The summed E-state index contributed by atoms with van der Waals surface area (Å²) in [6, 6.07) is 0.